The Morgan fingerprint density at radius 3 is 1.91 bits per heavy atom. The van der Waals surface area contributed by atoms with Gasteiger partial charge in [-0.1, -0.05) is 153 Å². The summed E-state index contributed by atoms with van der Waals surface area (Å²) in [6.45, 7) is 10.1. The van der Waals surface area contributed by atoms with Crippen molar-refractivity contribution < 1.29 is 4.42 Å². The van der Waals surface area contributed by atoms with E-state index in [1.165, 1.54) is 121 Å². The molecule has 4 unspecified atom stereocenters. The Hall–Kier alpha value is -6.65. The van der Waals surface area contributed by atoms with Gasteiger partial charge in [-0.15, -0.1) is 10.9 Å². The third-order valence-corrected chi connectivity index (χ3v) is 19.7. The Kier molecular flexibility index (Phi) is 10.3. The fraction of sp³-hybridized carbons (Fsp3) is 0.133. The van der Waals surface area contributed by atoms with Crippen LogP contribution in [-0.2, 0) is 10.8 Å². The summed E-state index contributed by atoms with van der Waals surface area (Å²) in [5.74, 6) is 0.260. The predicted octanol–water partition coefficient (Wildman–Crippen LogP) is -2.94. The lowest BCUT2D eigenvalue weighted by Crippen LogP contribution is -2.63. The number of allylic oxidation sites excluding steroid dienone is 4. The van der Waals surface area contributed by atoms with Crippen molar-refractivity contribution in [1.82, 2.24) is 0 Å². The minimum absolute atomic E-state index is 0.209. The first-order chi connectivity index (χ1) is 35.4. The molecule has 74 heavy (non-hydrogen) atoms. The van der Waals surface area contributed by atoms with Crippen molar-refractivity contribution in [2.75, 3.05) is 9.80 Å². The van der Waals surface area contributed by atoms with Crippen LogP contribution in [0.25, 0.3) is 43.8 Å². The van der Waals surface area contributed by atoms with Gasteiger partial charge in [-0.3, -0.25) is 0 Å². The first-order valence-electron chi connectivity index (χ1n) is 27.0. The van der Waals surface area contributed by atoms with Gasteiger partial charge in [0.2, 0.25) is 0 Å². The van der Waals surface area contributed by atoms with Crippen molar-refractivity contribution in [1.29, 1.82) is 0 Å². The van der Waals surface area contributed by atoms with Gasteiger partial charge in [0.05, 0.1) is 11.2 Å². The molecule has 0 spiro atoms. The Morgan fingerprint density at radius 1 is 0.581 bits per heavy atom. The molecule has 346 valence electrons. The molecule has 0 saturated heterocycles. The highest BCUT2D eigenvalue weighted by Gasteiger charge is 2.60. The van der Waals surface area contributed by atoms with Gasteiger partial charge in [0, 0.05) is 56.0 Å². The lowest BCUT2D eigenvalue weighted by atomic mass is 9.48. The normalized spacial score (nSPS) is 21.3. The molecule has 2 aliphatic carbocycles. The molecule has 4 atom stereocenters. The van der Waals surface area contributed by atoms with E-state index in [4.69, 9.17) is 4.42 Å². The Bertz CT molecular complexity index is 4050. The molecular weight excluding hydrogens is 884 g/mol. The SMILES string of the molecule is Bc1c(B)c(B)c(N(c2ccc3c(c2)oc2ccccc23)c2cc3cc4c(cc3cc2-c2ccccc2)N(c2c(B)c(B)c(B)c(B)c2B)C2(C)C=C3Bc5ccccc5C3(C)C3=C2C4(C)C=CC3C)c(B)c1B. The predicted molar refractivity (Wildman–Crippen MR) is 351 cm³/mol. The topological polar surface area (TPSA) is 19.6 Å². The average Bonchev–Trinajstić information content (AvgIpc) is 3.93. The zero-order valence-electron chi connectivity index (χ0n) is 45.9. The second-order valence-corrected chi connectivity index (χ2v) is 23.3. The minimum Gasteiger partial charge on any atom is -0.456 e. The molecule has 0 radical (unpaired) electrons. The van der Waals surface area contributed by atoms with E-state index in [2.05, 4.69) is 256 Å². The van der Waals surface area contributed by atoms with Gasteiger partial charge >= 0.3 is 0 Å². The zero-order chi connectivity index (χ0) is 51.7. The summed E-state index contributed by atoms with van der Waals surface area (Å²) in [6, 6.07) is 45.8. The average molecular weight is 941 g/mol. The van der Waals surface area contributed by atoms with Crippen LogP contribution in [0.2, 0.25) is 0 Å². The van der Waals surface area contributed by atoms with Crippen LogP contribution in [-0.4, -0.2) is 91.3 Å². The van der Waals surface area contributed by atoms with Gasteiger partial charge in [0.15, 0.2) is 7.28 Å². The summed E-state index contributed by atoms with van der Waals surface area (Å²) >= 11 is 0. The molecule has 3 nitrogen and oxygen atoms in total. The number of fused-ring (bicyclic) bond motifs is 10. The van der Waals surface area contributed by atoms with Crippen molar-refractivity contribution in [3.05, 3.63) is 167 Å². The number of anilines is 5. The number of benzene rings is 8. The summed E-state index contributed by atoms with van der Waals surface area (Å²) < 4.78 is 6.69. The number of hydrogen-bond acceptors (Lipinski definition) is 3. The number of rotatable bonds is 5. The summed E-state index contributed by atoms with van der Waals surface area (Å²) in [5.41, 5.74) is 31.4. The van der Waals surface area contributed by atoms with Crippen LogP contribution in [0.15, 0.2) is 161 Å². The van der Waals surface area contributed by atoms with E-state index in [1.54, 1.807) is 5.57 Å². The molecule has 0 fully saturated rings. The van der Waals surface area contributed by atoms with E-state index in [9.17, 15) is 0 Å². The maximum atomic E-state index is 6.69. The smallest absolute Gasteiger partial charge is 0.188 e. The molecule has 4 aliphatic rings. The molecule has 13 rings (SSSR count). The minimum atomic E-state index is -0.463. The summed E-state index contributed by atoms with van der Waals surface area (Å²) in [7, 11) is 24.2. The van der Waals surface area contributed by atoms with Crippen LogP contribution in [0.4, 0.5) is 28.4 Å². The summed E-state index contributed by atoms with van der Waals surface area (Å²) in [5, 5.41) is 4.70. The maximum Gasteiger partial charge on any atom is 0.188 e. The van der Waals surface area contributed by atoms with Crippen LogP contribution in [0, 0.1) is 5.92 Å². The summed E-state index contributed by atoms with van der Waals surface area (Å²) in [6.07, 6.45) is 7.87. The van der Waals surface area contributed by atoms with Crippen LogP contribution in [0.5, 0.6) is 0 Å². The molecular formula is C60H57B11N2O. The van der Waals surface area contributed by atoms with Gasteiger partial charge in [-0.2, -0.15) is 0 Å². The number of para-hydroxylation sites is 1. The Morgan fingerprint density at radius 2 is 1.19 bits per heavy atom. The molecule has 1 aromatic heterocycles. The zero-order valence-corrected chi connectivity index (χ0v) is 45.9. The number of nitrogens with zero attached hydrogens (tertiary/aromatic N) is 2. The molecule has 0 saturated carbocycles. The van der Waals surface area contributed by atoms with E-state index in [0.717, 1.165) is 40.6 Å². The quantitative estimate of drug-likeness (QED) is 0.136. The van der Waals surface area contributed by atoms with Crippen LogP contribution in [0.1, 0.15) is 38.8 Å². The molecule has 0 bridgehead atoms. The van der Waals surface area contributed by atoms with Crippen LogP contribution < -0.4 is 69.9 Å². The van der Waals surface area contributed by atoms with Crippen LogP contribution in [0.3, 0.4) is 0 Å². The maximum absolute atomic E-state index is 6.69. The Balaban J connectivity index is 1.16. The molecule has 0 amide bonds. The second kappa shape index (κ2) is 16.2. The third kappa shape index (κ3) is 6.18. The number of furan rings is 1. The molecule has 9 aromatic rings. The highest BCUT2D eigenvalue weighted by molar-refractivity contribution is 6.70. The van der Waals surface area contributed by atoms with E-state index >= 15 is 0 Å². The second-order valence-electron chi connectivity index (χ2n) is 23.3. The van der Waals surface area contributed by atoms with E-state index < -0.39 is 11.0 Å². The lowest BCUT2D eigenvalue weighted by molar-refractivity contribution is 0.440. The van der Waals surface area contributed by atoms with Gasteiger partial charge in [0.25, 0.3) is 0 Å². The van der Waals surface area contributed by atoms with Gasteiger partial charge in [0.1, 0.15) is 89.6 Å². The fourth-order valence-corrected chi connectivity index (χ4v) is 15.0. The molecule has 0 N–H and O–H groups in total. The van der Waals surface area contributed by atoms with Gasteiger partial charge in [-0.05, 0) is 108 Å². The van der Waals surface area contributed by atoms with Crippen molar-refractivity contribution in [3.63, 3.8) is 0 Å². The monoisotopic (exact) mass is 943 g/mol. The first kappa shape index (κ1) is 47.1. The van der Waals surface area contributed by atoms with Gasteiger partial charge in [-0.25, -0.2) is 0 Å². The van der Waals surface area contributed by atoms with Gasteiger partial charge < -0.3 is 14.2 Å². The van der Waals surface area contributed by atoms with E-state index in [0.29, 0.717) is 0 Å². The highest BCUT2D eigenvalue weighted by Crippen LogP contribution is 2.64. The van der Waals surface area contributed by atoms with Crippen molar-refractivity contribution in [3.8, 4) is 11.1 Å². The Labute approximate surface area is 447 Å². The summed E-state index contributed by atoms with van der Waals surface area (Å²) in [4.78, 5) is 5.38. The van der Waals surface area contributed by atoms with Crippen molar-refractivity contribution in [2.24, 2.45) is 5.92 Å². The van der Waals surface area contributed by atoms with Crippen molar-refractivity contribution in [2.45, 2.75) is 44.1 Å². The van der Waals surface area contributed by atoms with Crippen molar-refractivity contribution >= 4 is 207 Å². The van der Waals surface area contributed by atoms with Crippen LogP contribution >= 0.6 is 0 Å². The van der Waals surface area contributed by atoms with E-state index in [1.807, 2.05) is 0 Å². The third-order valence-electron chi connectivity index (χ3n) is 19.7. The number of hydrogen-bond donors (Lipinski definition) is 0. The largest absolute Gasteiger partial charge is 0.456 e. The lowest BCUT2D eigenvalue weighted by Gasteiger charge is -2.61. The standard InChI is InChI=1S/C60H57B11N2O/c1-28-20-21-58(2)37-23-31-24-39(72(55-51(67)47(63)45(61)48(64)52(55)68)32-18-19-34-33-14-8-11-17-41(33)74-42(34)26-32)35(29-12-6-5-7-13-29)22-30(31)25-40(37)73(56-53(69)49(65)46(62)50(66)54(56)70)59(3)27-43-60(4,44(28)57(58)59)36-15-9-10-16-38(36)71-43/h5-28,71H,61-70H2,1-4H3. The van der Waals surface area contributed by atoms with E-state index in [-0.39, 0.29) is 11.3 Å². The molecule has 14 heteroatoms. The first-order valence-corrected chi connectivity index (χ1v) is 27.0. The molecule has 2 aliphatic heterocycles. The molecule has 8 aromatic carbocycles. The highest BCUT2D eigenvalue weighted by atomic mass is 16.3. The fourth-order valence-electron chi connectivity index (χ4n) is 15.0. The molecule has 3 heterocycles.